The van der Waals surface area contributed by atoms with Crippen LogP contribution in [0.3, 0.4) is 0 Å². The molecule has 0 aliphatic carbocycles. The SMILES string of the molecule is O=C(O)c1cccnc1COc1cccc(Cl)c1Cl. The lowest BCUT2D eigenvalue weighted by atomic mass is 10.2. The molecule has 1 N–H and O–H groups in total. The Morgan fingerprint density at radius 1 is 1.26 bits per heavy atom. The molecule has 0 aliphatic rings. The summed E-state index contributed by atoms with van der Waals surface area (Å²) in [5, 5.41) is 9.68. The second-order valence-electron chi connectivity index (χ2n) is 3.64. The summed E-state index contributed by atoms with van der Waals surface area (Å²) < 4.78 is 5.45. The van der Waals surface area contributed by atoms with E-state index in [-0.39, 0.29) is 17.2 Å². The number of nitrogens with zero attached hydrogens (tertiary/aromatic N) is 1. The lowest BCUT2D eigenvalue weighted by molar-refractivity contribution is 0.0693. The van der Waals surface area contributed by atoms with Crippen LogP contribution in [-0.4, -0.2) is 16.1 Å². The van der Waals surface area contributed by atoms with Gasteiger partial charge in [0.15, 0.2) is 0 Å². The normalized spacial score (nSPS) is 10.2. The first-order valence-electron chi connectivity index (χ1n) is 5.33. The second-order valence-corrected chi connectivity index (χ2v) is 4.43. The highest BCUT2D eigenvalue weighted by Crippen LogP contribution is 2.31. The van der Waals surface area contributed by atoms with Gasteiger partial charge in [0, 0.05) is 6.20 Å². The smallest absolute Gasteiger partial charge is 0.337 e. The summed E-state index contributed by atoms with van der Waals surface area (Å²) in [6.07, 6.45) is 1.50. The Balaban J connectivity index is 2.19. The van der Waals surface area contributed by atoms with Crippen LogP contribution in [0.4, 0.5) is 0 Å². The summed E-state index contributed by atoms with van der Waals surface area (Å²) in [7, 11) is 0. The highest BCUT2D eigenvalue weighted by Gasteiger charge is 2.12. The number of aromatic carboxylic acids is 1. The maximum absolute atomic E-state index is 11.0. The Kier molecular flexibility index (Phi) is 4.24. The average Bonchev–Trinajstić information content (AvgIpc) is 2.40. The maximum atomic E-state index is 11.0. The number of rotatable bonds is 4. The van der Waals surface area contributed by atoms with Crippen LogP contribution in [0.2, 0.25) is 10.0 Å². The lowest BCUT2D eigenvalue weighted by Gasteiger charge is -2.09. The van der Waals surface area contributed by atoms with E-state index < -0.39 is 5.97 Å². The number of carboxylic acid groups (broad SMARTS) is 1. The number of hydrogen-bond acceptors (Lipinski definition) is 3. The number of benzene rings is 1. The molecule has 0 saturated carbocycles. The standard InChI is InChI=1S/C13H9Cl2NO3/c14-9-4-1-5-11(12(9)15)19-7-10-8(13(17)18)3-2-6-16-10/h1-6H,7H2,(H,17,18). The van der Waals surface area contributed by atoms with Crippen LogP contribution >= 0.6 is 23.2 Å². The molecule has 0 spiro atoms. The van der Waals surface area contributed by atoms with Crippen molar-refractivity contribution in [2.75, 3.05) is 0 Å². The second kappa shape index (κ2) is 5.91. The van der Waals surface area contributed by atoms with Gasteiger partial charge >= 0.3 is 5.97 Å². The molecular weight excluding hydrogens is 289 g/mol. The van der Waals surface area contributed by atoms with Crippen LogP contribution in [0.25, 0.3) is 0 Å². The topological polar surface area (TPSA) is 59.4 Å². The third-order valence-electron chi connectivity index (χ3n) is 2.40. The number of aromatic nitrogens is 1. The van der Waals surface area contributed by atoms with Gasteiger partial charge in [-0.2, -0.15) is 0 Å². The zero-order valence-electron chi connectivity index (χ0n) is 9.64. The minimum atomic E-state index is -1.05. The quantitative estimate of drug-likeness (QED) is 0.935. The van der Waals surface area contributed by atoms with Gasteiger partial charge < -0.3 is 9.84 Å². The van der Waals surface area contributed by atoms with Crippen molar-refractivity contribution in [2.24, 2.45) is 0 Å². The Morgan fingerprint density at radius 2 is 2.05 bits per heavy atom. The van der Waals surface area contributed by atoms with Crippen molar-refractivity contribution >= 4 is 29.2 Å². The largest absolute Gasteiger partial charge is 0.486 e. The molecule has 2 aromatic rings. The van der Waals surface area contributed by atoms with Crippen LogP contribution in [0.1, 0.15) is 16.1 Å². The van der Waals surface area contributed by atoms with Gasteiger partial charge in [0.2, 0.25) is 0 Å². The molecule has 98 valence electrons. The number of ether oxygens (including phenoxy) is 1. The van der Waals surface area contributed by atoms with E-state index in [0.717, 1.165) is 0 Å². The highest BCUT2D eigenvalue weighted by atomic mass is 35.5. The Hall–Kier alpha value is -1.78. The predicted molar refractivity (Wildman–Crippen MR) is 72.0 cm³/mol. The van der Waals surface area contributed by atoms with Crippen LogP contribution in [0.5, 0.6) is 5.75 Å². The number of halogens is 2. The first-order valence-corrected chi connectivity index (χ1v) is 6.09. The third-order valence-corrected chi connectivity index (χ3v) is 3.20. The van der Waals surface area contributed by atoms with Crippen molar-refractivity contribution < 1.29 is 14.6 Å². The summed E-state index contributed by atoms with van der Waals surface area (Å²) in [5.41, 5.74) is 0.423. The summed E-state index contributed by atoms with van der Waals surface area (Å²) >= 11 is 11.8. The molecule has 0 bridgehead atoms. The molecule has 0 atom stereocenters. The minimum Gasteiger partial charge on any atom is -0.486 e. The van der Waals surface area contributed by atoms with Gasteiger partial charge in [0.25, 0.3) is 0 Å². The molecule has 0 amide bonds. The van der Waals surface area contributed by atoms with E-state index in [9.17, 15) is 4.79 Å². The van der Waals surface area contributed by atoms with Crippen LogP contribution in [-0.2, 0) is 6.61 Å². The van der Waals surface area contributed by atoms with Gasteiger partial charge in [0.1, 0.15) is 17.4 Å². The molecule has 0 saturated heterocycles. The van der Waals surface area contributed by atoms with Crippen LogP contribution < -0.4 is 4.74 Å². The molecule has 19 heavy (non-hydrogen) atoms. The van der Waals surface area contributed by atoms with Crippen molar-refractivity contribution in [1.82, 2.24) is 4.98 Å². The maximum Gasteiger partial charge on any atom is 0.337 e. The Morgan fingerprint density at radius 3 is 2.79 bits per heavy atom. The van der Waals surface area contributed by atoms with Gasteiger partial charge in [-0.1, -0.05) is 29.3 Å². The predicted octanol–water partition coefficient (Wildman–Crippen LogP) is 3.67. The van der Waals surface area contributed by atoms with E-state index in [4.69, 9.17) is 33.0 Å². The average molecular weight is 298 g/mol. The van der Waals surface area contributed by atoms with E-state index in [1.165, 1.54) is 12.3 Å². The highest BCUT2D eigenvalue weighted by molar-refractivity contribution is 6.42. The molecule has 4 nitrogen and oxygen atoms in total. The fourth-order valence-corrected chi connectivity index (χ4v) is 1.84. The van der Waals surface area contributed by atoms with Crippen molar-refractivity contribution in [1.29, 1.82) is 0 Å². The molecule has 0 fully saturated rings. The fraction of sp³-hybridized carbons (Fsp3) is 0.0769. The summed E-state index contributed by atoms with van der Waals surface area (Å²) in [5.74, 6) is -0.667. The fourth-order valence-electron chi connectivity index (χ4n) is 1.49. The van der Waals surface area contributed by atoms with Crippen LogP contribution in [0, 0.1) is 0 Å². The zero-order chi connectivity index (χ0) is 13.8. The monoisotopic (exact) mass is 297 g/mol. The van der Waals surface area contributed by atoms with Crippen molar-refractivity contribution in [3.8, 4) is 5.75 Å². The molecule has 1 aromatic carbocycles. The molecule has 0 aliphatic heterocycles. The Labute approximate surface area is 119 Å². The van der Waals surface area contributed by atoms with Crippen molar-refractivity contribution in [3.63, 3.8) is 0 Å². The van der Waals surface area contributed by atoms with E-state index in [0.29, 0.717) is 16.5 Å². The van der Waals surface area contributed by atoms with Crippen molar-refractivity contribution in [2.45, 2.75) is 6.61 Å². The number of carboxylic acids is 1. The van der Waals surface area contributed by atoms with E-state index in [1.807, 2.05) is 0 Å². The van der Waals surface area contributed by atoms with E-state index in [1.54, 1.807) is 24.3 Å². The number of carbonyl (C=O) groups is 1. The first-order chi connectivity index (χ1) is 9.09. The molecular formula is C13H9Cl2NO3. The summed E-state index contributed by atoms with van der Waals surface area (Å²) in [6, 6.07) is 8.00. The van der Waals surface area contributed by atoms with Gasteiger partial charge in [-0.15, -0.1) is 0 Å². The number of pyridine rings is 1. The van der Waals surface area contributed by atoms with E-state index in [2.05, 4.69) is 4.98 Å². The van der Waals surface area contributed by atoms with Gasteiger partial charge in [0.05, 0.1) is 16.3 Å². The molecule has 0 unspecified atom stereocenters. The van der Waals surface area contributed by atoms with Crippen molar-refractivity contribution in [3.05, 3.63) is 57.8 Å². The molecule has 2 rings (SSSR count). The third kappa shape index (κ3) is 3.16. The molecule has 1 aromatic heterocycles. The first kappa shape index (κ1) is 13.6. The van der Waals surface area contributed by atoms with Gasteiger partial charge in [-0.3, -0.25) is 4.98 Å². The minimum absolute atomic E-state index is 0.00252. The van der Waals surface area contributed by atoms with Gasteiger partial charge in [-0.25, -0.2) is 4.79 Å². The summed E-state index contributed by atoms with van der Waals surface area (Å²) in [4.78, 5) is 15.0. The zero-order valence-corrected chi connectivity index (χ0v) is 11.1. The molecule has 6 heteroatoms. The van der Waals surface area contributed by atoms with E-state index >= 15 is 0 Å². The van der Waals surface area contributed by atoms with Crippen LogP contribution in [0.15, 0.2) is 36.5 Å². The molecule has 0 radical (unpaired) electrons. The molecule has 1 heterocycles. The summed E-state index contributed by atoms with van der Waals surface area (Å²) in [6.45, 7) is 0.00252. The number of hydrogen-bond donors (Lipinski definition) is 1. The Bertz CT molecular complexity index is 617. The lowest BCUT2D eigenvalue weighted by Crippen LogP contribution is -2.07. The van der Waals surface area contributed by atoms with Gasteiger partial charge in [-0.05, 0) is 24.3 Å².